The number of piperidine rings is 1. The van der Waals surface area contributed by atoms with Crippen LogP contribution in [0.2, 0.25) is 5.02 Å². The van der Waals surface area contributed by atoms with Gasteiger partial charge >= 0.3 is 0 Å². The van der Waals surface area contributed by atoms with Crippen LogP contribution >= 0.6 is 11.6 Å². The normalized spacial score (nSPS) is 23.8. The number of methoxy groups -OCH3 is 1. The van der Waals surface area contributed by atoms with Crippen molar-refractivity contribution in [2.24, 2.45) is 11.1 Å². The summed E-state index contributed by atoms with van der Waals surface area (Å²) in [7, 11) is 1.70. The van der Waals surface area contributed by atoms with E-state index in [0.29, 0.717) is 30.4 Å². The summed E-state index contributed by atoms with van der Waals surface area (Å²) in [5.41, 5.74) is 1.87. The van der Waals surface area contributed by atoms with Crippen molar-refractivity contribution in [3.05, 3.63) is 34.9 Å². The lowest BCUT2D eigenvalue weighted by molar-refractivity contribution is -0.144. The Morgan fingerprint density at radius 1 is 1.46 bits per heavy atom. The van der Waals surface area contributed by atoms with E-state index in [2.05, 4.69) is 5.16 Å². The molecule has 0 spiro atoms. The summed E-state index contributed by atoms with van der Waals surface area (Å²) < 4.78 is 5.23. The predicted molar refractivity (Wildman–Crippen MR) is 93.3 cm³/mol. The van der Waals surface area contributed by atoms with Crippen LogP contribution in [0.4, 0.5) is 0 Å². The van der Waals surface area contributed by atoms with Gasteiger partial charge in [-0.1, -0.05) is 35.0 Å². The number of carbonyl (C=O) groups is 1. The first-order valence-corrected chi connectivity index (χ1v) is 8.78. The number of halogens is 1. The molecule has 0 aliphatic carbocycles. The van der Waals surface area contributed by atoms with Crippen LogP contribution in [0.1, 0.15) is 24.8 Å². The van der Waals surface area contributed by atoms with Crippen molar-refractivity contribution in [1.82, 2.24) is 4.90 Å². The summed E-state index contributed by atoms with van der Waals surface area (Å²) in [6.45, 7) is 2.23. The summed E-state index contributed by atoms with van der Waals surface area (Å²) in [6, 6.07) is 7.68. The minimum atomic E-state index is -0.496. The Balaban J connectivity index is 1.54. The highest BCUT2D eigenvalue weighted by atomic mass is 35.5. The van der Waals surface area contributed by atoms with Gasteiger partial charge in [0.25, 0.3) is 5.91 Å². The van der Waals surface area contributed by atoms with Crippen molar-refractivity contribution in [2.45, 2.75) is 31.8 Å². The third-order valence-corrected chi connectivity index (χ3v) is 4.96. The predicted octanol–water partition coefficient (Wildman–Crippen LogP) is 2.91. The molecule has 0 bridgehead atoms. The average molecular weight is 351 g/mol. The van der Waals surface area contributed by atoms with E-state index >= 15 is 0 Å². The van der Waals surface area contributed by atoms with Crippen LogP contribution in [0, 0.1) is 5.92 Å². The SMILES string of the molecule is COCC1CCCN(C(=O)C2CC(Cc3ccccc3Cl)=NO2)C1. The number of nitrogens with zero attached hydrogens (tertiary/aromatic N) is 2. The number of rotatable bonds is 5. The lowest BCUT2D eigenvalue weighted by atomic mass is 9.97. The number of oxime groups is 1. The number of hydrogen-bond donors (Lipinski definition) is 0. The zero-order chi connectivity index (χ0) is 16.9. The first-order chi connectivity index (χ1) is 11.7. The van der Waals surface area contributed by atoms with Gasteiger partial charge in [0.05, 0.1) is 12.3 Å². The van der Waals surface area contributed by atoms with Crippen molar-refractivity contribution in [3.63, 3.8) is 0 Å². The lowest BCUT2D eigenvalue weighted by Crippen LogP contribution is -2.45. The number of likely N-dealkylation sites (tertiary alicyclic amines) is 1. The second kappa shape index (κ2) is 7.99. The minimum absolute atomic E-state index is 0.0358. The molecule has 2 aliphatic heterocycles. The molecule has 0 aromatic heterocycles. The van der Waals surface area contributed by atoms with Crippen molar-refractivity contribution >= 4 is 23.2 Å². The van der Waals surface area contributed by atoms with Crippen LogP contribution in [-0.4, -0.2) is 49.4 Å². The Morgan fingerprint density at radius 2 is 2.29 bits per heavy atom. The molecule has 0 saturated carbocycles. The number of amides is 1. The fourth-order valence-corrected chi connectivity index (χ4v) is 3.57. The van der Waals surface area contributed by atoms with Gasteiger partial charge in [0.15, 0.2) is 0 Å². The molecule has 2 atom stereocenters. The molecule has 1 aromatic carbocycles. The number of carbonyl (C=O) groups excluding carboxylic acids is 1. The zero-order valence-corrected chi connectivity index (χ0v) is 14.7. The second-order valence-electron chi connectivity index (χ2n) is 6.47. The quantitative estimate of drug-likeness (QED) is 0.820. The van der Waals surface area contributed by atoms with E-state index in [-0.39, 0.29) is 5.91 Å². The van der Waals surface area contributed by atoms with Crippen LogP contribution in [0.3, 0.4) is 0 Å². The van der Waals surface area contributed by atoms with Crippen LogP contribution in [-0.2, 0) is 20.8 Å². The van der Waals surface area contributed by atoms with Gasteiger partial charge in [-0.25, -0.2) is 0 Å². The Labute approximate surface area is 147 Å². The molecule has 2 unspecified atom stereocenters. The van der Waals surface area contributed by atoms with E-state index in [1.54, 1.807) is 7.11 Å². The molecule has 1 amide bonds. The van der Waals surface area contributed by atoms with Gasteiger partial charge in [-0.15, -0.1) is 0 Å². The fraction of sp³-hybridized carbons (Fsp3) is 0.556. The molecule has 1 saturated heterocycles. The second-order valence-corrected chi connectivity index (χ2v) is 6.88. The Hall–Kier alpha value is -1.59. The zero-order valence-electron chi connectivity index (χ0n) is 13.9. The van der Waals surface area contributed by atoms with Crippen molar-refractivity contribution in [2.75, 3.05) is 26.8 Å². The maximum Gasteiger partial charge on any atom is 0.266 e. The molecule has 24 heavy (non-hydrogen) atoms. The van der Waals surface area contributed by atoms with Crippen LogP contribution in [0.25, 0.3) is 0 Å². The summed E-state index contributed by atoms with van der Waals surface area (Å²) in [5, 5.41) is 4.83. The number of benzene rings is 1. The van der Waals surface area contributed by atoms with Gasteiger partial charge in [0, 0.05) is 38.1 Å². The van der Waals surface area contributed by atoms with Crippen molar-refractivity contribution in [3.8, 4) is 0 Å². The van der Waals surface area contributed by atoms with Gasteiger partial charge in [-0.05, 0) is 30.4 Å². The minimum Gasteiger partial charge on any atom is -0.384 e. The molecular weight excluding hydrogens is 328 g/mol. The Kier molecular flexibility index (Phi) is 5.74. The molecule has 0 N–H and O–H groups in total. The highest BCUT2D eigenvalue weighted by Crippen LogP contribution is 2.23. The summed E-state index contributed by atoms with van der Waals surface area (Å²) >= 11 is 6.19. The van der Waals surface area contributed by atoms with E-state index in [0.717, 1.165) is 37.2 Å². The molecule has 0 radical (unpaired) electrons. The molecule has 2 aliphatic rings. The van der Waals surface area contributed by atoms with Gasteiger partial charge in [-0.2, -0.15) is 0 Å². The molecule has 6 heteroatoms. The molecular formula is C18H23ClN2O3. The first kappa shape index (κ1) is 17.2. The van der Waals surface area contributed by atoms with Crippen molar-refractivity contribution < 1.29 is 14.4 Å². The number of hydrogen-bond acceptors (Lipinski definition) is 4. The van der Waals surface area contributed by atoms with Gasteiger partial charge in [0.2, 0.25) is 6.10 Å². The molecule has 130 valence electrons. The lowest BCUT2D eigenvalue weighted by Gasteiger charge is -2.33. The van der Waals surface area contributed by atoms with Crippen LogP contribution < -0.4 is 0 Å². The van der Waals surface area contributed by atoms with Crippen LogP contribution in [0.15, 0.2) is 29.4 Å². The largest absolute Gasteiger partial charge is 0.384 e. The van der Waals surface area contributed by atoms with E-state index < -0.39 is 6.10 Å². The third kappa shape index (κ3) is 4.08. The van der Waals surface area contributed by atoms with E-state index in [1.165, 1.54) is 0 Å². The highest BCUT2D eigenvalue weighted by Gasteiger charge is 2.34. The molecule has 3 rings (SSSR count). The summed E-state index contributed by atoms with van der Waals surface area (Å²) in [4.78, 5) is 20.0. The smallest absolute Gasteiger partial charge is 0.266 e. The molecule has 2 heterocycles. The topological polar surface area (TPSA) is 51.1 Å². The molecule has 5 nitrogen and oxygen atoms in total. The van der Waals surface area contributed by atoms with Crippen molar-refractivity contribution in [1.29, 1.82) is 0 Å². The van der Waals surface area contributed by atoms with E-state index in [1.807, 2.05) is 29.2 Å². The maximum atomic E-state index is 12.7. The summed E-state index contributed by atoms with van der Waals surface area (Å²) in [5.74, 6) is 0.450. The fourth-order valence-electron chi connectivity index (χ4n) is 3.37. The highest BCUT2D eigenvalue weighted by molar-refractivity contribution is 6.31. The average Bonchev–Trinajstić information content (AvgIpc) is 3.05. The number of ether oxygens (including phenoxy) is 1. The van der Waals surface area contributed by atoms with Gasteiger partial charge in [0.1, 0.15) is 0 Å². The monoisotopic (exact) mass is 350 g/mol. The van der Waals surface area contributed by atoms with Gasteiger partial charge in [-0.3, -0.25) is 4.79 Å². The summed E-state index contributed by atoms with van der Waals surface area (Å²) in [6.07, 6.45) is 2.78. The molecule has 1 aromatic rings. The Bertz CT molecular complexity index is 618. The van der Waals surface area contributed by atoms with Gasteiger partial charge < -0.3 is 14.5 Å². The van der Waals surface area contributed by atoms with Crippen LogP contribution in [0.5, 0.6) is 0 Å². The standard InChI is InChI=1S/C18H23ClN2O3/c1-23-12-13-5-4-8-21(11-13)18(22)17-10-15(20-24-17)9-14-6-2-3-7-16(14)19/h2-3,6-7,13,17H,4-5,8-12H2,1H3. The molecule has 1 fully saturated rings. The van der Waals surface area contributed by atoms with E-state index in [4.69, 9.17) is 21.2 Å². The first-order valence-electron chi connectivity index (χ1n) is 8.40. The maximum absolute atomic E-state index is 12.7. The van der Waals surface area contributed by atoms with E-state index in [9.17, 15) is 4.79 Å². The Morgan fingerprint density at radius 3 is 3.08 bits per heavy atom. The third-order valence-electron chi connectivity index (χ3n) is 4.59.